The number of hydrogen-bond acceptors (Lipinski definition) is 3. The number of ether oxygens (including phenoxy) is 1. The van der Waals surface area contributed by atoms with Gasteiger partial charge < -0.3 is 10.1 Å². The zero-order valence-corrected chi connectivity index (χ0v) is 24.0. The van der Waals surface area contributed by atoms with Crippen LogP contribution in [-0.4, -0.2) is 26.2 Å². The van der Waals surface area contributed by atoms with Crippen LogP contribution >= 0.6 is 0 Å². The summed E-state index contributed by atoms with van der Waals surface area (Å²) in [5, 5.41) is 3.41. The number of carbonyl (C=O) groups excluding carboxylic acids is 1. The van der Waals surface area contributed by atoms with Gasteiger partial charge >= 0.3 is 5.97 Å². The molecule has 0 aromatic rings. The van der Waals surface area contributed by atoms with Gasteiger partial charge in [0.2, 0.25) is 0 Å². The Bertz CT molecular complexity index is 592. The SMILES string of the molecule is CC.CC.COC(=O)CCNCCCCC1CCC2C3CCC4CCCCC4(C)C3CC[C@@]12C. The second kappa shape index (κ2) is 14.2. The van der Waals surface area contributed by atoms with Crippen molar-refractivity contribution in [3.63, 3.8) is 0 Å². The number of carbonyl (C=O) groups is 1. The molecule has 1 N–H and O–H groups in total. The third-order valence-corrected chi connectivity index (χ3v) is 10.7. The van der Waals surface area contributed by atoms with Crippen molar-refractivity contribution in [2.45, 2.75) is 131 Å². The summed E-state index contributed by atoms with van der Waals surface area (Å²) in [4.78, 5) is 11.2. The molecule has 4 aliphatic carbocycles. The topological polar surface area (TPSA) is 38.3 Å². The first-order chi connectivity index (χ1) is 16.5. The lowest BCUT2D eigenvalue weighted by molar-refractivity contribution is -0.140. The van der Waals surface area contributed by atoms with Crippen LogP contribution in [0.4, 0.5) is 0 Å². The van der Waals surface area contributed by atoms with Gasteiger partial charge in [-0.15, -0.1) is 0 Å². The lowest BCUT2D eigenvalue weighted by atomic mass is 9.45. The zero-order valence-electron chi connectivity index (χ0n) is 24.0. The van der Waals surface area contributed by atoms with Crippen molar-refractivity contribution in [2.75, 3.05) is 20.2 Å². The number of nitrogens with one attached hydrogen (secondary N) is 1. The number of esters is 1. The Balaban J connectivity index is 0.000000970. The summed E-state index contributed by atoms with van der Waals surface area (Å²) < 4.78 is 4.70. The molecule has 3 nitrogen and oxygen atoms in total. The Morgan fingerprint density at radius 1 is 0.824 bits per heavy atom. The third-order valence-electron chi connectivity index (χ3n) is 10.7. The van der Waals surface area contributed by atoms with Crippen molar-refractivity contribution in [1.82, 2.24) is 5.32 Å². The van der Waals surface area contributed by atoms with Crippen molar-refractivity contribution < 1.29 is 9.53 Å². The summed E-state index contributed by atoms with van der Waals surface area (Å²) >= 11 is 0. The summed E-state index contributed by atoms with van der Waals surface area (Å²) in [5.41, 5.74) is 1.30. The zero-order chi connectivity index (χ0) is 25.2. The van der Waals surface area contributed by atoms with Gasteiger partial charge in [-0.1, -0.05) is 60.8 Å². The Labute approximate surface area is 213 Å². The lowest BCUT2D eigenvalue weighted by Crippen LogP contribution is -2.52. The summed E-state index contributed by atoms with van der Waals surface area (Å²) in [6.07, 6.45) is 19.6. The largest absolute Gasteiger partial charge is 0.469 e. The van der Waals surface area contributed by atoms with E-state index in [1.807, 2.05) is 27.7 Å². The van der Waals surface area contributed by atoms with Crippen LogP contribution < -0.4 is 5.32 Å². The summed E-state index contributed by atoms with van der Waals surface area (Å²) in [5.74, 6) is 4.97. The van der Waals surface area contributed by atoms with Crippen LogP contribution in [0.1, 0.15) is 131 Å². The molecule has 4 aliphatic rings. The van der Waals surface area contributed by atoms with Crippen molar-refractivity contribution in [1.29, 1.82) is 0 Å². The first-order valence-electron chi connectivity index (χ1n) is 15.3. The molecule has 0 heterocycles. The molecule has 0 radical (unpaired) electrons. The highest BCUT2D eigenvalue weighted by atomic mass is 16.5. The molecule has 0 aromatic carbocycles. The van der Waals surface area contributed by atoms with Crippen LogP contribution in [0.3, 0.4) is 0 Å². The van der Waals surface area contributed by atoms with Crippen molar-refractivity contribution in [3.8, 4) is 0 Å². The number of fused-ring (bicyclic) bond motifs is 5. The molecule has 0 bridgehead atoms. The van der Waals surface area contributed by atoms with E-state index in [1.165, 1.54) is 84.2 Å². The minimum atomic E-state index is -0.112. The average molecular weight is 478 g/mol. The predicted octanol–water partition coefficient (Wildman–Crippen LogP) is 8.41. The first-order valence-corrected chi connectivity index (χ1v) is 15.3. The van der Waals surface area contributed by atoms with E-state index in [-0.39, 0.29) is 5.97 Å². The third kappa shape index (κ3) is 6.40. The molecule has 0 saturated heterocycles. The second-order valence-electron chi connectivity index (χ2n) is 11.8. The first kappa shape index (κ1) is 29.7. The van der Waals surface area contributed by atoms with E-state index in [0.717, 1.165) is 42.7 Å². The highest BCUT2D eigenvalue weighted by Gasteiger charge is 2.59. The standard InChI is InChI=1S/C27H47NO2.2C2H6/c1-26-16-6-4-8-20(26)10-12-22-23-13-11-21(27(23,2)17-14-24(22)26)9-5-7-18-28-19-15-25(29)30-3;2*1-2/h20-24,28H,4-19H2,1-3H3;2*1-2H3/t20?,21?,22?,23?,24?,26?,27-;;/m0../s1. The quantitative estimate of drug-likeness (QED) is 0.282. The molecule has 3 heteroatoms. The van der Waals surface area contributed by atoms with Gasteiger partial charge in [-0.25, -0.2) is 0 Å². The van der Waals surface area contributed by atoms with Crippen LogP contribution in [-0.2, 0) is 9.53 Å². The molecule has 0 aliphatic heterocycles. The second-order valence-corrected chi connectivity index (χ2v) is 11.8. The molecule has 4 rings (SSSR count). The van der Waals surface area contributed by atoms with Gasteiger partial charge in [0.15, 0.2) is 0 Å². The maximum Gasteiger partial charge on any atom is 0.306 e. The normalized spacial score (nSPS) is 38.1. The summed E-state index contributed by atoms with van der Waals surface area (Å²) in [7, 11) is 1.46. The summed E-state index contributed by atoms with van der Waals surface area (Å²) in [6.45, 7) is 15.2. The molecule has 0 spiro atoms. The molecule has 0 aromatic heterocycles. The fourth-order valence-electron chi connectivity index (χ4n) is 8.94. The maximum absolute atomic E-state index is 11.2. The lowest BCUT2D eigenvalue weighted by Gasteiger charge is -2.60. The molecular weight excluding hydrogens is 418 g/mol. The van der Waals surface area contributed by atoms with Gasteiger partial charge in [0.1, 0.15) is 0 Å². The molecule has 34 heavy (non-hydrogen) atoms. The molecule has 200 valence electrons. The van der Waals surface area contributed by atoms with Crippen LogP contribution in [0.15, 0.2) is 0 Å². The maximum atomic E-state index is 11.2. The Morgan fingerprint density at radius 3 is 2.29 bits per heavy atom. The van der Waals surface area contributed by atoms with E-state index in [2.05, 4.69) is 19.2 Å². The van der Waals surface area contributed by atoms with E-state index >= 15 is 0 Å². The van der Waals surface area contributed by atoms with E-state index in [0.29, 0.717) is 17.3 Å². The molecule has 6 unspecified atom stereocenters. The monoisotopic (exact) mass is 477 g/mol. The number of hydrogen-bond donors (Lipinski definition) is 1. The van der Waals surface area contributed by atoms with Gasteiger partial charge in [-0.2, -0.15) is 0 Å². The van der Waals surface area contributed by atoms with Crippen LogP contribution in [0.2, 0.25) is 0 Å². The smallest absolute Gasteiger partial charge is 0.306 e. The van der Waals surface area contributed by atoms with Gasteiger partial charge in [0.25, 0.3) is 0 Å². The average Bonchev–Trinajstić information content (AvgIpc) is 3.21. The number of methoxy groups -OCH3 is 1. The fraction of sp³-hybridized carbons (Fsp3) is 0.968. The minimum Gasteiger partial charge on any atom is -0.469 e. The highest BCUT2D eigenvalue weighted by molar-refractivity contribution is 5.69. The van der Waals surface area contributed by atoms with Gasteiger partial charge in [0.05, 0.1) is 13.5 Å². The Hall–Kier alpha value is -0.570. The predicted molar refractivity (Wildman–Crippen MR) is 146 cm³/mol. The van der Waals surface area contributed by atoms with Crippen molar-refractivity contribution >= 4 is 5.97 Å². The molecule has 4 fully saturated rings. The summed E-state index contributed by atoms with van der Waals surface area (Å²) in [6, 6.07) is 0. The number of unbranched alkanes of at least 4 members (excludes halogenated alkanes) is 1. The van der Waals surface area contributed by atoms with Crippen molar-refractivity contribution in [3.05, 3.63) is 0 Å². The molecule has 4 saturated carbocycles. The Morgan fingerprint density at radius 2 is 1.56 bits per heavy atom. The minimum absolute atomic E-state index is 0.112. The van der Waals surface area contributed by atoms with Gasteiger partial charge in [-0.3, -0.25) is 4.79 Å². The molecular formula is C31H59NO2. The van der Waals surface area contributed by atoms with Crippen molar-refractivity contribution in [2.24, 2.45) is 40.4 Å². The van der Waals surface area contributed by atoms with E-state index in [4.69, 9.17) is 4.74 Å². The number of rotatable bonds is 8. The fourth-order valence-corrected chi connectivity index (χ4v) is 8.94. The Kier molecular flexibility index (Phi) is 12.4. The van der Waals surface area contributed by atoms with E-state index < -0.39 is 0 Å². The van der Waals surface area contributed by atoms with Crippen LogP contribution in [0.25, 0.3) is 0 Å². The van der Waals surface area contributed by atoms with Crippen LogP contribution in [0.5, 0.6) is 0 Å². The van der Waals surface area contributed by atoms with Gasteiger partial charge in [0, 0.05) is 6.54 Å². The molecule has 0 amide bonds. The molecule has 7 atom stereocenters. The van der Waals surface area contributed by atoms with Crippen LogP contribution in [0, 0.1) is 40.4 Å². The van der Waals surface area contributed by atoms with E-state index in [1.54, 1.807) is 6.42 Å². The highest BCUT2D eigenvalue weighted by Crippen LogP contribution is 2.67. The van der Waals surface area contributed by atoms with Gasteiger partial charge in [-0.05, 0) is 111 Å². The van der Waals surface area contributed by atoms with E-state index in [9.17, 15) is 4.79 Å².